The molecule has 2 aromatic rings. The van der Waals surface area contributed by atoms with E-state index in [1.54, 1.807) is 29.2 Å². The lowest BCUT2D eigenvalue weighted by Gasteiger charge is -2.18. The van der Waals surface area contributed by atoms with Crippen molar-refractivity contribution in [1.82, 2.24) is 0 Å². The predicted molar refractivity (Wildman–Crippen MR) is 95.5 cm³/mol. The number of hydrogen-bond acceptors (Lipinski definition) is 4. The van der Waals surface area contributed by atoms with Crippen molar-refractivity contribution in [1.29, 1.82) is 0 Å². The van der Waals surface area contributed by atoms with Crippen LogP contribution >= 0.6 is 11.6 Å². The fraction of sp³-hybridized carbons (Fsp3) is 0.235. The molecule has 0 aliphatic carbocycles. The molecule has 1 amide bonds. The Kier molecular flexibility index (Phi) is 5.15. The lowest BCUT2D eigenvalue weighted by molar-refractivity contribution is -0.117. The van der Waals surface area contributed by atoms with Gasteiger partial charge in [-0.1, -0.05) is 17.7 Å². The third-order valence-electron chi connectivity index (χ3n) is 4.08. The standard InChI is InChI=1S/C17H15ClF2N2O3S/c18-11-2-1-3-13(10-11)22-9-8-15(16(22)23)21-12-4-6-14(7-5-12)26(24,25)17(19)20/h1-7,10,15,17,21H,8-9H2. The summed E-state index contributed by atoms with van der Waals surface area (Å²) >= 11 is 5.95. The largest absolute Gasteiger partial charge is 0.374 e. The average Bonchev–Trinajstić information content (AvgIpc) is 2.96. The highest BCUT2D eigenvalue weighted by molar-refractivity contribution is 7.91. The molecule has 5 nitrogen and oxygen atoms in total. The highest BCUT2D eigenvalue weighted by atomic mass is 35.5. The van der Waals surface area contributed by atoms with Crippen LogP contribution in [0.3, 0.4) is 0 Å². The number of halogens is 3. The van der Waals surface area contributed by atoms with Crippen LogP contribution in [-0.4, -0.2) is 32.7 Å². The Morgan fingerprint density at radius 2 is 1.85 bits per heavy atom. The van der Waals surface area contributed by atoms with Crippen LogP contribution in [0.5, 0.6) is 0 Å². The van der Waals surface area contributed by atoms with Crippen molar-refractivity contribution in [3.8, 4) is 0 Å². The number of nitrogens with one attached hydrogen (secondary N) is 1. The lowest BCUT2D eigenvalue weighted by atomic mass is 10.2. The predicted octanol–water partition coefficient (Wildman–Crippen LogP) is 3.55. The van der Waals surface area contributed by atoms with Crippen LogP contribution in [0.25, 0.3) is 0 Å². The molecule has 1 fully saturated rings. The maximum atomic E-state index is 12.6. The molecule has 1 unspecified atom stereocenters. The molecule has 1 saturated heterocycles. The Morgan fingerprint density at radius 3 is 2.46 bits per heavy atom. The van der Waals surface area contributed by atoms with Crippen LogP contribution in [0, 0.1) is 0 Å². The van der Waals surface area contributed by atoms with Gasteiger partial charge >= 0.3 is 5.76 Å². The molecular weight excluding hydrogens is 386 g/mol. The summed E-state index contributed by atoms with van der Waals surface area (Å²) in [6, 6.07) is 11.4. The van der Waals surface area contributed by atoms with E-state index in [1.165, 1.54) is 12.1 Å². The van der Waals surface area contributed by atoms with Crippen LogP contribution in [0.15, 0.2) is 53.4 Å². The zero-order valence-corrected chi connectivity index (χ0v) is 15.0. The van der Waals surface area contributed by atoms with Crippen molar-refractivity contribution in [3.05, 3.63) is 53.6 Å². The van der Waals surface area contributed by atoms with E-state index in [-0.39, 0.29) is 5.91 Å². The second-order valence-electron chi connectivity index (χ2n) is 5.79. The summed E-state index contributed by atoms with van der Waals surface area (Å²) in [6.45, 7) is 0.509. The Morgan fingerprint density at radius 1 is 1.15 bits per heavy atom. The molecule has 0 spiro atoms. The molecule has 1 heterocycles. The van der Waals surface area contributed by atoms with Crippen molar-refractivity contribution in [2.45, 2.75) is 23.1 Å². The van der Waals surface area contributed by atoms with E-state index in [2.05, 4.69) is 5.32 Å². The fourth-order valence-corrected chi connectivity index (χ4v) is 3.66. The Labute approximate surface area is 154 Å². The second kappa shape index (κ2) is 7.20. The maximum Gasteiger partial charge on any atom is 0.341 e. The summed E-state index contributed by atoms with van der Waals surface area (Å²) in [5.41, 5.74) is 1.18. The zero-order valence-electron chi connectivity index (χ0n) is 13.4. The van der Waals surface area contributed by atoms with E-state index in [0.717, 1.165) is 12.1 Å². The van der Waals surface area contributed by atoms with Crippen molar-refractivity contribution < 1.29 is 22.0 Å². The van der Waals surface area contributed by atoms with E-state index >= 15 is 0 Å². The van der Waals surface area contributed by atoms with E-state index in [0.29, 0.717) is 29.4 Å². The molecule has 2 aromatic carbocycles. The van der Waals surface area contributed by atoms with Gasteiger partial charge in [0.25, 0.3) is 0 Å². The molecule has 1 atom stereocenters. The molecule has 1 aliphatic heterocycles. The van der Waals surface area contributed by atoms with Gasteiger partial charge in [-0.15, -0.1) is 0 Å². The van der Waals surface area contributed by atoms with Gasteiger partial charge in [0.2, 0.25) is 15.7 Å². The quantitative estimate of drug-likeness (QED) is 0.833. The number of alkyl halides is 2. The zero-order chi connectivity index (χ0) is 18.9. The normalized spacial score (nSPS) is 17.8. The highest BCUT2D eigenvalue weighted by Crippen LogP contribution is 2.27. The molecule has 138 valence electrons. The first-order valence-electron chi connectivity index (χ1n) is 7.74. The Bertz CT molecular complexity index is 920. The third-order valence-corrected chi connectivity index (χ3v) is 5.72. The van der Waals surface area contributed by atoms with E-state index in [9.17, 15) is 22.0 Å². The highest BCUT2D eigenvalue weighted by Gasteiger charge is 2.33. The Hall–Kier alpha value is -2.19. The summed E-state index contributed by atoms with van der Waals surface area (Å²) in [4.78, 5) is 13.7. The number of rotatable bonds is 5. The number of sulfone groups is 1. The molecular formula is C17H15ClF2N2O3S. The number of amides is 1. The number of carbonyl (C=O) groups is 1. The minimum atomic E-state index is -4.63. The van der Waals surface area contributed by atoms with Crippen LogP contribution in [0.2, 0.25) is 5.02 Å². The third kappa shape index (κ3) is 3.66. The van der Waals surface area contributed by atoms with Crippen LogP contribution in [0.4, 0.5) is 20.2 Å². The van der Waals surface area contributed by atoms with Gasteiger partial charge in [-0.3, -0.25) is 4.79 Å². The van der Waals surface area contributed by atoms with Gasteiger partial charge in [0.15, 0.2) is 0 Å². The van der Waals surface area contributed by atoms with Crippen LogP contribution < -0.4 is 10.2 Å². The molecule has 0 bridgehead atoms. The number of benzene rings is 2. The molecule has 0 aromatic heterocycles. The summed E-state index contributed by atoms with van der Waals surface area (Å²) in [5, 5.41) is 3.54. The smallest absolute Gasteiger partial charge is 0.341 e. The summed E-state index contributed by atoms with van der Waals surface area (Å²) in [6.07, 6.45) is 0.544. The number of carbonyl (C=O) groups excluding carboxylic acids is 1. The molecule has 0 saturated carbocycles. The molecule has 3 rings (SSSR count). The van der Waals surface area contributed by atoms with E-state index in [1.807, 2.05) is 0 Å². The van der Waals surface area contributed by atoms with Gasteiger partial charge in [0.05, 0.1) is 4.90 Å². The summed E-state index contributed by atoms with van der Waals surface area (Å²) in [5.74, 6) is -3.61. The average molecular weight is 401 g/mol. The van der Waals surface area contributed by atoms with Gasteiger partial charge in [-0.2, -0.15) is 8.78 Å². The van der Waals surface area contributed by atoms with E-state index in [4.69, 9.17) is 11.6 Å². The van der Waals surface area contributed by atoms with Crippen molar-refractivity contribution >= 4 is 38.7 Å². The molecule has 0 radical (unpaired) electrons. The number of hydrogen-bond donors (Lipinski definition) is 1. The van der Waals surface area contributed by atoms with Gasteiger partial charge in [-0.25, -0.2) is 8.42 Å². The van der Waals surface area contributed by atoms with Crippen LogP contribution in [-0.2, 0) is 14.6 Å². The Balaban J connectivity index is 1.71. The fourth-order valence-electron chi connectivity index (χ4n) is 2.76. The minimum absolute atomic E-state index is 0.142. The number of nitrogens with zero attached hydrogens (tertiary/aromatic N) is 1. The van der Waals surface area contributed by atoms with Crippen LogP contribution in [0.1, 0.15) is 6.42 Å². The van der Waals surface area contributed by atoms with Gasteiger partial charge < -0.3 is 10.2 Å². The van der Waals surface area contributed by atoms with Gasteiger partial charge in [-0.05, 0) is 48.9 Å². The maximum absolute atomic E-state index is 12.6. The molecule has 26 heavy (non-hydrogen) atoms. The first-order valence-corrected chi connectivity index (χ1v) is 9.67. The summed E-state index contributed by atoms with van der Waals surface area (Å²) in [7, 11) is -4.63. The van der Waals surface area contributed by atoms with E-state index < -0.39 is 26.5 Å². The van der Waals surface area contributed by atoms with Gasteiger partial charge in [0.1, 0.15) is 6.04 Å². The lowest BCUT2D eigenvalue weighted by Crippen LogP contribution is -2.33. The minimum Gasteiger partial charge on any atom is -0.374 e. The molecule has 1 aliphatic rings. The topological polar surface area (TPSA) is 66.5 Å². The van der Waals surface area contributed by atoms with Crippen molar-refractivity contribution in [2.75, 3.05) is 16.8 Å². The van der Waals surface area contributed by atoms with Gasteiger partial charge in [0, 0.05) is 22.9 Å². The number of anilines is 2. The first kappa shape index (κ1) is 18.6. The SMILES string of the molecule is O=C1C(Nc2ccc(S(=O)(=O)C(F)F)cc2)CCN1c1cccc(Cl)c1. The molecule has 9 heteroatoms. The second-order valence-corrected chi connectivity index (χ2v) is 8.14. The summed E-state index contributed by atoms with van der Waals surface area (Å²) < 4.78 is 47.9. The monoisotopic (exact) mass is 400 g/mol. The molecule has 1 N–H and O–H groups in total. The van der Waals surface area contributed by atoms with Crippen molar-refractivity contribution in [3.63, 3.8) is 0 Å². The van der Waals surface area contributed by atoms with Crippen molar-refractivity contribution in [2.24, 2.45) is 0 Å². The first-order chi connectivity index (χ1) is 12.3.